The number of ether oxygens (including phenoxy) is 2. The molecule has 0 fully saturated rings. The summed E-state index contributed by atoms with van der Waals surface area (Å²) in [5.74, 6) is 2.23. The van der Waals surface area contributed by atoms with E-state index in [2.05, 4.69) is 79.9 Å². The Kier molecular flexibility index (Phi) is 14.4. The zero-order chi connectivity index (χ0) is 28.5. The fourth-order valence-corrected chi connectivity index (χ4v) is 4.64. The maximum Gasteiger partial charge on any atom is 0.120 e. The van der Waals surface area contributed by atoms with Crippen LogP contribution in [0.3, 0.4) is 0 Å². The van der Waals surface area contributed by atoms with Gasteiger partial charge in [0.2, 0.25) is 0 Å². The molecule has 1 aliphatic rings. The molecule has 4 rings (SSSR count). The first kappa shape index (κ1) is 31.6. The number of phenolic OH excluding ortho intramolecular Hbond substituents is 1. The molecule has 0 amide bonds. The van der Waals surface area contributed by atoms with Crippen LogP contribution in [-0.2, 0) is 19.4 Å². The maximum absolute atomic E-state index is 9.19. The standard InChI is InChI=1S/C22H32N2O2.C10H12O.C2H2/c1-5-14-23(3)15-16-26-21-12-10-19(11-13-21)18-24(6-2)20-8-7-9-22(17-20)25-4;11-10-6-5-8-3-1-2-4-9(8)7-10;1-2/h7-13,17H,5-6,14-16,18H2,1-4H3;5-7,11H,1-4H2;1-2H. The fourth-order valence-electron chi connectivity index (χ4n) is 4.64. The van der Waals surface area contributed by atoms with Gasteiger partial charge in [-0.2, -0.15) is 0 Å². The smallest absolute Gasteiger partial charge is 0.120 e. The van der Waals surface area contributed by atoms with Crippen molar-refractivity contribution in [3.8, 4) is 30.1 Å². The minimum atomic E-state index is 0.408. The van der Waals surface area contributed by atoms with E-state index in [9.17, 15) is 5.11 Å². The van der Waals surface area contributed by atoms with Gasteiger partial charge in [0.05, 0.1) is 7.11 Å². The van der Waals surface area contributed by atoms with Gasteiger partial charge in [-0.3, -0.25) is 0 Å². The number of hydrogen-bond acceptors (Lipinski definition) is 5. The highest BCUT2D eigenvalue weighted by Gasteiger charge is 2.09. The Balaban J connectivity index is 0.000000338. The summed E-state index contributed by atoms with van der Waals surface area (Å²) >= 11 is 0. The summed E-state index contributed by atoms with van der Waals surface area (Å²) in [4.78, 5) is 4.62. The predicted octanol–water partition coefficient (Wildman–Crippen LogP) is 6.96. The molecule has 0 unspecified atom stereocenters. The first-order valence-electron chi connectivity index (χ1n) is 14.0. The predicted molar refractivity (Wildman–Crippen MR) is 164 cm³/mol. The normalized spacial score (nSPS) is 11.8. The van der Waals surface area contributed by atoms with Gasteiger partial charge in [0.1, 0.15) is 23.9 Å². The highest BCUT2D eigenvalue weighted by Crippen LogP contribution is 2.25. The lowest BCUT2D eigenvalue weighted by Gasteiger charge is -2.24. The van der Waals surface area contributed by atoms with E-state index < -0.39 is 0 Å². The zero-order valence-electron chi connectivity index (χ0n) is 24.2. The summed E-state index contributed by atoms with van der Waals surface area (Å²) in [6, 6.07) is 22.3. The van der Waals surface area contributed by atoms with E-state index in [0.717, 1.165) is 50.7 Å². The van der Waals surface area contributed by atoms with Crippen molar-refractivity contribution in [2.24, 2.45) is 0 Å². The van der Waals surface area contributed by atoms with Gasteiger partial charge in [0.15, 0.2) is 0 Å². The number of aryl methyl sites for hydroxylation is 2. The molecule has 0 radical (unpaired) electrons. The minimum absolute atomic E-state index is 0.408. The van der Waals surface area contributed by atoms with E-state index in [1.807, 2.05) is 24.3 Å². The quantitative estimate of drug-likeness (QED) is 0.272. The molecular formula is C34H46N2O3. The topological polar surface area (TPSA) is 45.2 Å². The molecule has 3 aromatic carbocycles. The van der Waals surface area contributed by atoms with Gasteiger partial charge in [-0.1, -0.05) is 31.2 Å². The van der Waals surface area contributed by atoms with Crippen LogP contribution in [0.5, 0.6) is 17.2 Å². The largest absolute Gasteiger partial charge is 0.508 e. The number of likely N-dealkylation sites (N-methyl/N-ethyl adjacent to an activating group) is 1. The van der Waals surface area contributed by atoms with Crippen LogP contribution in [0.1, 0.15) is 49.8 Å². The van der Waals surface area contributed by atoms with Crippen molar-refractivity contribution < 1.29 is 14.6 Å². The van der Waals surface area contributed by atoms with Crippen LogP contribution >= 0.6 is 0 Å². The molecule has 0 heterocycles. The van der Waals surface area contributed by atoms with E-state index in [-0.39, 0.29) is 0 Å². The monoisotopic (exact) mass is 530 g/mol. The Morgan fingerprint density at radius 1 is 0.846 bits per heavy atom. The second-order valence-electron chi connectivity index (χ2n) is 9.67. The molecule has 39 heavy (non-hydrogen) atoms. The van der Waals surface area contributed by atoms with Gasteiger partial charge < -0.3 is 24.4 Å². The molecule has 1 aliphatic carbocycles. The van der Waals surface area contributed by atoms with Crippen LogP contribution in [0.2, 0.25) is 0 Å². The summed E-state index contributed by atoms with van der Waals surface area (Å²) < 4.78 is 11.2. The van der Waals surface area contributed by atoms with Gasteiger partial charge in [0, 0.05) is 31.4 Å². The number of hydrogen-bond donors (Lipinski definition) is 1. The minimum Gasteiger partial charge on any atom is -0.508 e. The molecule has 210 valence electrons. The number of rotatable bonds is 11. The Bertz CT molecular complexity index is 1110. The Morgan fingerprint density at radius 3 is 2.23 bits per heavy atom. The summed E-state index contributed by atoms with van der Waals surface area (Å²) in [7, 11) is 3.84. The number of nitrogens with zero attached hydrogens (tertiary/aromatic N) is 2. The van der Waals surface area contributed by atoms with Crippen LogP contribution in [0.25, 0.3) is 0 Å². The van der Waals surface area contributed by atoms with Crippen LogP contribution < -0.4 is 14.4 Å². The molecule has 3 aromatic rings. The second-order valence-corrected chi connectivity index (χ2v) is 9.67. The summed E-state index contributed by atoms with van der Waals surface area (Å²) in [6.07, 6.45) is 14.1. The van der Waals surface area contributed by atoms with Crippen LogP contribution in [0.15, 0.2) is 66.7 Å². The van der Waals surface area contributed by atoms with Crippen molar-refractivity contribution >= 4 is 5.69 Å². The zero-order valence-corrected chi connectivity index (χ0v) is 24.2. The Hall–Kier alpha value is -3.62. The third-order valence-electron chi connectivity index (χ3n) is 6.78. The fraction of sp³-hybridized carbons (Fsp3) is 0.412. The second kappa shape index (κ2) is 17.8. The van der Waals surface area contributed by atoms with E-state index in [4.69, 9.17) is 9.47 Å². The summed E-state index contributed by atoms with van der Waals surface area (Å²) in [6.45, 7) is 8.96. The SMILES string of the molecule is C#C.CCCN(C)CCOc1ccc(CN(CC)c2cccc(OC)c2)cc1.Oc1ccc2c(c1)CCCC2. The third kappa shape index (κ3) is 10.9. The van der Waals surface area contributed by atoms with Crippen molar-refractivity contribution in [2.75, 3.05) is 45.3 Å². The number of methoxy groups -OCH3 is 1. The van der Waals surface area contributed by atoms with Crippen molar-refractivity contribution in [3.63, 3.8) is 0 Å². The molecule has 0 aromatic heterocycles. The molecule has 5 heteroatoms. The van der Waals surface area contributed by atoms with E-state index in [1.165, 1.54) is 48.1 Å². The number of aromatic hydroxyl groups is 1. The molecule has 0 bridgehead atoms. The van der Waals surface area contributed by atoms with Gasteiger partial charge in [-0.25, -0.2) is 0 Å². The number of fused-ring (bicyclic) bond motifs is 1. The van der Waals surface area contributed by atoms with Gasteiger partial charge >= 0.3 is 0 Å². The van der Waals surface area contributed by atoms with E-state index in [1.54, 1.807) is 13.2 Å². The van der Waals surface area contributed by atoms with Crippen molar-refractivity contribution in [1.82, 2.24) is 4.90 Å². The van der Waals surface area contributed by atoms with Crippen molar-refractivity contribution in [1.29, 1.82) is 0 Å². The van der Waals surface area contributed by atoms with Gasteiger partial charge in [0.25, 0.3) is 0 Å². The molecule has 0 atom stereocenters. The highest BCUT2D eigenvalue weighted by atomic mass is 16.5. The first-order valence-corrected chi connectivity index (χ1v) is 14.0. The van der Waals surface area contributed by atoms with Gasteiger partial charge in [-0.05, 0) is 106 Å². The van der Waals surface area contributed by atoms with E-state index in [0.29, 0.717) is 5.75 Å². The van der Waals surface area contributed by atoms with Crippen LogP contribution in [-0.4, -0.2) is 50.4 Å². The number of benzene rings is 3. The van der Waals surface area contributed by atoms with Crippen LogP contribution in [0, 0.1) is 12.8 Å². The Labute approximate surface area is 236 Å². The van der Waals surface area contributed by atoms with Crippen molar-refractivity contribution in [3.05, 3.63) is 83.4 Å². The van der Waals surface area contributed by atoms with Crippen LogP contribution in [0.4, 0.5) is 5.69 Å². The third-order valence-corrected chi connectivity index (χ3v) is 6.78. The highest BCUT2D eigenvalue weighted by molar-refractivity contribution is 5.51. The lowest BCUT2D eigenvalue weighted by Crippen LogP contribution is -2.24. The van der Waals surface area contributed by atoms with E-state index >= 15 is 0 Å². The molecule has 0 saturated carbocycles. The molecule has 1 N–H and O–H groups in total. The molecular weight excluding hydrogens is 484 g/mol. The molecule has 5 nitrogen and oxygen atoms in total. The summed E-state index contributed by atoms with van der Waals surface area (Å²) in [5.41, 5.74) is 5.21. The lowest BCUT2D eigenvalue weighted by molar-refractivity contribution is 0.237. The average Bonchev–Trinajstić information content (AvgIpc) is 2.98. The first-order chi connectivity index (χ1) is 19.0. The average molecular weight is 531 g/mol. The number of anilines is 1. The number of phenols is 1. The molecule has 0 saturated heterocycles. The Morgan fingerprint density at radius 2 is 1.56 bits per heavy atom. The molecule has 0 spiro atoms. The van der Waals surface area contributed by atoms with Crippen molar-refractivity contribution in [2.45, 2.75) is 52.5 Å². The van der Waals surface area contributed by atoms with Gasteiger partial charge in [-0.15, -0.1) is 12.8 Å². The maximum atomic E-state index is 9.19. The summed E-state index contributed by atoms with van der Waals surface area (Å²) in [5, 5.41) is 9.19. The lowest BCUT2D eigenvalue weighted by atomic mass is 9.92. The number of terminal acetylenes is 1. The molecule has 0 aliphatic heterocycles.